The van der Waals surface area contributed by atoms with Crippen molar-refractivity contribution in [1.29, 1.82) is 0 Å². The quantitative estimate of drug-likeness (QED) is 0.779. The molecule has 0 heterocycles. The van der Waals surface area contributed by atoms with E-state index in [1.54, 1.807) is 0 Å². The monoisotopic (exact) mass is 358 g/mol. The molecule has 0 bridgehead atoms. The first kappa shape index (κ1) is 15.6. The highest BCUT2D eigenvalue weighted by Crippen LogP contribution is 2.40. The Bertz CT molecular complexity index is 378. The van der Waals surface area contributed by atoms with Gasteiger partial charge in [-0.1, -0.05) is 81.9 Å². The van der Waals surface area contributed by atoms with Gasteiger partial charge in [0.2, 0.25) is 0 Å². The molecule has 0 amide bonds. The first-order valence-electron chi connectivity index (χ1n) is 5.25. The van der Waals surface area contributed by atoms with Gasteiger partial charge in [0, 0.05) is 11.8 Å². The molecule has 1 aromatic rings. The third kappa shape index (κ3) is 4.60. The first-order chi connectivity index (χ1) is 7.80. The molecule has 0 saturated carbocycles. The highest BCUT2D eigenvalue weighted by molar-refractivity contribution is 9.09. The van der Waals surface area contributed by atoms with Crippen LogP contribution in [0, 0.1) is 0 Å². The summed E-state index contributed by atoms with van der Waals surface area (Å²) < 4.78 is -1.48. The normalized spacial score (nSPS) is 15.6. The maximum absolute atomic E-state index is 10.5. The van der Waals surface area contributed by atoms with Crippen LogP contribution in [0.5, 0.6) is 0 Å². The standard InChI is InChI=1S/C12H14BrCl3O/c1-2-9-4-3-5-10(6-9)11(17,8-13)7-12(14,15)16/h3-6,17H,2,7-8H2,1H3. The van der Waals surface area contributed by atoms with Crippen LogP contribution >= 0.6 is 50.7 Å². The van der Waals surface area contributed by atoms with Crippen LogP contribution in [0.4, 0.5) is 0 Å². The van der Waals surface area contributed by atoms with Gasteiger partial charge < -0.3 is 5.11 Å². The zero-order valence-electron chi connectivity index (χ0n) is 9.39. The highest BCUT2D eigenvalue weighted by atomic mass is 79.9. The Kier molecular flexibility index (Phi) is 5.61. The largest absolute Gasteiger partial charge is 0.384 e. The molecule has 0 aliphatic rings. The molecule has 1 unspecified atom stereocenters. The molecule has 96 valence electrons. The third-order valence-corrected chi connectivity index (χ3v) is 3.92. The summed E-state index contributed by atoms with van der Waals surface area (Å²) in [5.74, 6) is 0. The van der Waals surface area contributed by atoms with Crippen molar-refractivity contribution in [2.75, 3.05) is 5.33 Å². The van der Waals surface area contributed by atoms with Crippen molar-refractivity contribution < 1.29 is 5.11 Å². The molecule has 0 aromatic heterocycles. The van der Waals surface area contributed by atoms with Crippen molar-refractivity contribution in [3.8, 4) is 0 Å². The molecule has 17 heavy (non-hydrogen) atoms. The lowest BCUT2D eigenvalue weighted by Gasteiger charge is -2.30. The van der Waals surface area contributed by atoms with Gasteiger partial charge in [-0.25, -0.2) is 0 Å². The zero-order valence-corrected chi connectivity index (χ0v) is 13.2. The lowest BCUT2D eigenvalue weighted by Crippen LogP contribution is -2.32. The Labute approximate surface area is 125 Å². The van der Waals surface area contributed by atoms with Crippen LogP contribution in [-0.4, -0.2) is 14.2 Å². The van der Waals surface area contributed by atoms with Gasteiger partial charge in [-0.3, -0.25) is 0 Å². The summed E-state index contributed by atoms with van der Waals surface area (Å²) in [5.41, 5.74) is 0.738. The average molecular weight is 361 g/mol. The molecule has 1 atom stereocenters. The topological polar surface area (TPSA) is 20.2 Å². The Morgan fingerprint density at radius 1 is 1.29 bits per heavy atom. The summed E-state index contributed by atoms with van der Waals surface area (Å²) >= 11 is 20.6. The van der Waals surface area contributed by atoms with Crippen LogP contribution in [0.15, 0.2) is 24.3 Å². The molecule has 0 aliphatic heterocycles. The van der Waals surface area contributed by atoms with Crippen LogP contribution in [-0.2, 0) is 12.0 Å². The maximum atomic E-state index is 10.5. The fourth-order valence-corrected chi connectivity index (χ4v) is 2.82. The van der Waals surface area contributed by atoms with Gasteiger partial charge in [0.15, 0.2) is 3.79 Å². The van der Waals surface area contributed by atoms with E-state index in [-0.39, 0.29) is 6.42 Å². The van der Waals surface area contributed by atoms with E-state index < -0.39 is 9.39 Å². The van der Waals surface area contributed by atoms with Gasteiger partial charge in [0.1, 0.15) is 5.60 Å². The predicted octanol–water partition coefficient (Wildman–Crippen LogP) is 4.59. The molecule has 1 N–H and O–H groups in total. The van der Waals surface area contributed by atoms with Crippen LogP contribution in [0.25, 0.3) is 0 Å². The van der Waals surface area contributed by atoms with Gasteiger partial charge in [-0.2, -0.15) is 0 Å². The Hall–Kier alpha value is 0.530. The number of rotatable bonds is 4. The van der Waals surface area contributed by atoms with E-state index >= 15 is 0 Å². The summed E-state index contributed by atoms with van der Waals surface area (Å²) in [6.07, 6.45) is 0.947. The number of hydrogen-bond donors (Lipinski definition) is 1. The molecule has 1 aromatic carbocycles. The van der Waals surface area contributed by atoms with Crippen LogP contribution in [0.1, 0.15) is 24.5 Å². The van der Waals surface area contributed by atoms with E-state index in [9.17, 15) is 5.11 Å². The van der Waals surface area contributed by atoms with Gasteiger partial charge in [0.25, 0.3) is 0 Å². The minimum atomic E-state index is -1.48. The minimum absolute atomic E-state index is 0.0447. The fourth-order valence-electron chi connectivity index (χ4n) is 1.64. The number of halogens is 4. The predicted molar refractivity (Wildman–Crippen MR) is 78.4 cm³/mol. The number of aliphatic hydroxyl groups is 1. The first-order valence-corrected chi connectivity index (χ1v) is 7.51. The molecule has 1 nitrogen and oxygen atoms in total. The lowest BCUT2D eigenvalue weighted by atomic mass is 9.91. The van der Waals surface area contributed by atoms with Gasteiger partial charge >= 0.3 is 0 Å². The molecule has 5 heteroatoms. The molecule has 0 fully saturated rings. The SMILES string of the molecule is CCc1cccc(C(O)(CBr)CC(Cl)(Cl)Cl)c1. The van der Waals surface area contributed by atoms with Crippen LogP contribution in [0.3, 0.4) is 0 Å². The third-order valence-electron chi connectivity index (χ3n) is 2.59. The second kappa shape index (κ2) is 6.12. The Balaban J connectivity index is 3.06. The maximum Gasteiger partial charge on any atom is 0.193 e. The van der Waals surface area contributed by atoms with E-state index in [1.807, 2.05) is 24.3 Å². The summed E-state index contributed by atoms with van der Waals surface area (Å²) in [6.45, 7) is 2.06. The van der Waals surface area contributed by atoms with E-state index in [4.69, 9.17) is 34.8 Å². The van der Waals surface area contributed by atoms with Gasteiger partial charge in [-0.05, 0) is 17.5 Å². The van der Waals surface area contributed by atoms with Crippen molar-refractivity contribution in [3.63, 3.8) is 0 Å². The van der Waals surface area contributed by atoms with Crippen LogP contribution < -0.4 is 0 Å². The fraction of sp³-hybridized carbons (Fsp3) is 0.500. The second-order valence-corrected chi connectivity index (χ2v) is 7.09. The summed E-state index contributed by atoms with van der Waals surface area (Å²) in [5, 5.41) is 10.9. The molecule has 0 spiro atoms. The average Bonchev–Trinajstić information content (AvgIpc) is 2.27. The molecule has 0 radical (unpaired) electrons. The van der Waals surface area contributed by atoms with Crippen molar-refractivity contribution in [2.24, 2.45) is 0 Å². The number of benzene rings is 1. The van der Waals surface area contributed by atoms with Crippen molar-refractivity contribution >= 4 is 50.7 Å². The molecule has 1 rings (SSSR count). The highest BCUT2D eigenvalue weighted by Gasteiger charge is 2.37. The Morgan fingerprint density at radius 2 is 1.94 bits per heavy atom. The number of hydrogen-bond acceptors (Lipinski definition) is 1. The number of alkyl halides is 4. The lowest BCUT2D eigenvalue weighted by molar-refractivity contribution is 0.0556. The molecular weight excluding hydrogens is 346 g/mol. The summed E-state index contributed by atoms with van der Waals surface area (Å²) in [7, 11) is 0. The summed E-state index contributed by atoms with van der Waals surface area (Å²) in [4.78, 5) is 0. The smallest absolute Gasteiger partial charge is 0.193 e. The van der Waals surface area contributed by atoms with E-state index in [1.165, 1.54) is 0 Å². The van der Waals surface area contributed by atoms with Gasteiger partial charge in [0.05, 0.1) is 0 Å². The van der Waals surface area contributed by atoms with Gasteiger partial charge in [-0.15, -0.1) is 0 Å². The zero-order chi connectivity index (χ0) is 13.1. The second-order valence-electron chi connectivity index (χ2n) is 4.01. The van der Waals surface area contributed by atoms with Crippen molar-refractivity contribution in [3.05, 3.63) is 35.4 Å². The van der Waals surface area contributed by atoms with E-state index in [2.05, 4.69) is 22.9 Å². The Morgan fingerprint density at radius 3 is 2.41 bits per heavy atom. The molecular formula is C12H14BrCl3O. The van der Waals surface area contributed by atoms with Crippen LogP contribution in [0.2, 0.25) is 0 Å². The van der Waals surface area contributed by atoms with Crippen molar-refractivity contribution in [2.45, 2.75) is 29.2 Å². The van der Waals surface area contributed by atoms with E-state index in [0.717, 1.165) is 17.5 Å². The van der Waals surface area contributed by atoms with Crippen molar-refractivity contribution in [1.82, 2.24) is 0 Å². The van der Waals surface area contributed by atoms with E-state index in [0.29, 0.717) is 5.33 Å². The minimum Gasteiger partial charge on any atom is -0.384 e. The summed E-state index contributed by atoms with van der Waals surface area (Å²) in [6, 6.07) is 7.70. The molecule has 0 saturated heterocycles. The molecule has 0 aliphatic carbocycles. The number of aryl methyl sites for hydroxylation is 1.